The van der Waals surface area contributed by atoms with Gasteiger partial charge in [0.05, 0.1) is 0 Å². The van der Waals surface area contributed by atoms with E-state index in [1.807, 2.05) is 29.0 Å². The van der Waals surface area contributed by atoms with Crippen LogP contribution in [0.4, 0.5) is 0 Å². The van der Waals surface area contributed by atoms with E-state index < -0.39 is 0 Å². The third kappa shape index (κ3) is 2.11. The normalized spacial score (nSPS) is 10.2. The van der Waals surface area contributed by atoms with E-state index in [4.69, 9.17) is 0 Å². The van der Waals surface area contributed by atoms with Gasteiger partial charge in [0.1, 0.15) is 12.7 Å². The molecule has 0 aromatic carbocycles. The zero-order chi connectivity index (χ0) is 8.93. The highest BCUT2D eigenvalue weighted by atomic mass is 15.2. The Hall–Kier alpha value is -1.71. The number of nitrogens with zero attached hydrogens (tertiary/aromatic N) is 4. The van der Waals surface area contributed by atoms with Gasteiger partial charge in [-0.15, -0.1) is 10.2 Å². The lowest BCUT2D eigenvalue weighted by Gasteiger charge is -1.99. The summed E-state index contributed by atoms with van der Waals surface area (Å²) in [5.41, 5.74) is 1.09. The molecule has 0 saturated carbocycles. The van der Waals surface area contributed by atoms with E-state index in [1.165, 1.54) is 0 Å². The number of hydrogen-bond acceptors (Lipinski definition) is 3. The number of aromatic nitrogens is 4. The third-order valence-electron chi connectivity index (χ3n) is 1.82. The van der Waals surface area contributed by atoms with Crippen molar-refractivity contribution >= 4 is 0 Å². The molecule has 4 nitrogen and oxygen atoms in total. The maximum atomic E-state index is 4.22. The van der Waals surface area contributed by atoms with Crippen LogP contribution in [-0.2, 0) is 13.0 Å². The topological polar surface area (TPSA) is 43.6 Å². The lowest BCUT2D eigenvalue weighted by Crippen LogP contribution is -1.99. The summed E-state index contributed by atoms with van der Waals surface area (Å²) in [6.45, 7) is 0.879. The first kappa shape index (κ1) is 7.91. The van der Waals surface area contributed by atoms with Crippen molar-refractivity contribution in [2.24, 2.45) is 0 Å². The molecule has 0 aliphatic heterocycles. The largest absolute Gasteiger partial charge is 0.320 e. The average Bonchev–Trinajstić information content (AvgIpc) is 2.69. The zero-order valence-corrected chi connectivity index (χ0v) is 7.17. The maximum absolute atomic E-state index is 4.22. The highest BCUT2D eigenvalue weighted by Gasteiger charge is 1.93. The van der Waals surface area contributed by atoms with E-state index in [-0.39, 0.29) is 0 Å². The van der Waals surface area contributed by atoms with Crippen LogP contribution < -0.4 is 0 Å². The molecule has 0 fully saturated rings. The monoisotopic (exact) mass is 174 g/mol. The van der Waals surface area contributed by atoms with Gasteiger partial charge in [-0.1, -0.05) is 6.07 Å². The molecule has 0 N–H and O–H groups in total. The summed E-state index contributed by atoms with van der Waals surface area (Å²) in [6.07, 6.45) is 6.15. The van der Waals surface area contributed by atoms with Crippen molar-refractivity contribution in [1.82, 2.24) is 19.7 Å². The van der Waals surface area contributed by atoms with Crippen LogP contribution in [-0.4, -0.2) is 19.7 Å². The van der Waals surface area contributed by atoms with Crippen molar-refractivity contribution in [3.05, 3.63) is 42.7 Å². The molecule has 2 aromatic rings. The molecule has 4 heteroatoms. The van der Waals surface area contributed by atoms with Crippen LogP contribution >= 0.6 is 0 Å². The Kier molecular flexibility index (Phi) is 2.31. The minimum Gasteiger partial charge on any atom is -0.320 e. The maximum Gasteiger partial charge on any atom is 0.119 e. The van der Waals surface area contributed by atoms with E-state index in [2.05, 4.69) is 15.2 Å². The van der Waals surface area contributed by atoms with Crippen LogP contribution in [0.25, 0.3) is 0 Å². The summed E-state index contributed by atoms with van der Waals surface area (Å²) in [5, 5.41) is 7.45. The fourth-order valence-electron chi connectivity index (χ4n) is 1.13. The van der Waals surface area contributed by atoms with Crippen molar-refractivity contribution in [3.63, 3.8) is 0 Å². The van der Waals surface area contributed by atoms with Gasteiger partial charge in [-0.05, 0) is 12.1 Å². The van der Waals surface area contributed by atoms with E-state index in [0.29, 0.717) is 0 Å². The van der Waals surface area contributed by atoms with Gasteiger partial charge in [-0.25, -0.2) is 0 Å². The Bertz CT molecular complexity index is 341. The molecule has 66 valence electrons. The third-order valence-corrected chi connectivity index (χ3v) is 1.82. The molecule has 2 heterocycles. The minimum atomic E-state index is 0.879. The molecular formula is C9H10N4. The summed E-state index contributed by atoms with van der Waals surface area (Å²) >= 11 is 0. The molecule has 0 aliphatic rings. The molecule has 0 radical (unpaired) electrons. The first-order valence-electron chi connectivity index (χ1n) is 4.17. The van der Waals surface area contributed by atoms with Gasteiger partial charge >= 0.3 is 0 Å². The van der Waals surface area contributed by atoms with Gasteiger partial charge in [0.25, 0.3) is 0 Å². The van der Waals surface area contributed by atoms with Crippen molar-refractivity contribution in [2.75, 3.05) is 0 Å². The van der Waals surface area contributed by atoms with Crippen LogP contribution in [0.5, 0.6) is 0 Å². The van der Waals surface area contributed by atoms with Gasteiger partial charge in [0.2, 0.25) is 0 Å². The minimum absolute atomic E-state index is 0.879. The van der Waals surface area contributed by atoms with Gasteiger partial charge in [0.15, 0.2) is 0 Å². The molecular weight excluding hydrogens is 164 g/mol. The summed E-state index contributed by atoms with van der Waals surface area (Å²) < 4.78 is 1.94. The number of pyridine rings is 1. The highest BCUT2D eigenvalue weighted by molar-refractivity contribution is 5.03. The van der Waals surface area contributed by atoms with Gasteiger partial charge in [0, 0.05) is 24.9 Å². The van der Waals surface area contributed by atoms with Crippen molar-refractivity contribution in [2.45, 2.75) is 13.0 Å². The zero-order valence-electron chi connectivity index (χ0n) is 7.17. The fraction of sp³-hybridized carbons (Fsp3) is 0.222. The quantitative estimate of drug-likeness (QED) is 0.694. The van der Waals surface area contributed by atoms with E-state index >= 15 is 0 Å². The SMILES string of the molecule is c1ccc(CCn2cnnc2)nc1. The summed E-state index contributed by atoms with van der Waals surface area (Å²) in [7, 11) is 0. The molecule has 0 spiro atoms. The molecule has 0 saturated heterocycles. The summed E-state index contributed by atoms with van der Waals surface area (Å²) in [5.74, 6) is 0. The predicted molar refractivity (Wildman–Crippen MR) is 48.0 cm³/mol. The Balaban J connectivity index is 1.94. The standard InChI is InChI=1S/C9H10N4/c1-2-5-10-9(3-1)4-6-13-7-11-12-8-13/h1-3,5,7-8H,4,6H2. The summed E-state index contributed by atoms with van der Waals surface area (Å²) in [4.78, 5) is 4.22. The molecule has 2 rings (SSSR count). The second-order valence-corrected chi connectivity index (χ2v) is 2.77. The smallest absolute Gasteiger partial charge is 0.119 e. The molecule has 2 aromatic heterocycles. The molecule has 0 unspecified atom stereocenters. The molecule has 0 atom stereocenters. The van der Waals surface area contributed by atoms with Crippen LogP contribution in [0.2, 0.25) is 0 Å². The van der Waals surface area contributed by atoms with Crippen molar-refractivity contribution in [1.29, 1.82) is 0 Å². The van der Waals surface area contributed by atoms with E-state index in [1.54, 1.807) is 12.7 Å². The highest BCUT2D eigenvalue weighted by Crippen LogP contribution is 1.96. The fourth-order valence-corrected chi connectivity index (χ4v) is 1.13. The molecule has 0 amide bonds. The van der Waals surface area contributed by atoms with Crippen LogP contribution in [0.1, 0.15) is 5.69 Å². The number of rotatable bonds is 3. The average molecular weight is 174 g/mol. The second kappa shape index (κ2) is 3.80. The lowest BCUT2D eigenvalue weighted by molar-refractivity contribution is 0.683. The second-order valence-electron chi connectivity index (χ2n) is 2.77. The molecule has 0 bridgehead atoms. The Morgan fingerprint density at radius 3 is 2.69 bits per heavy atom. The summed E-state index contributed by atoms with van der Waals surface area (Å²) in [6, 6.07) is 5.93. The lowest BCUT2D eigenvalue weighted by atomic mass is 10.3. The first-order valence-corrected chi connectivity index (χ1v) is 4.17. The number of hydrogen-bond donors (Lipinski definition) is 0. The number of aryl methyl sites for hydroxylation is 2. The Morgan fingerprint density at radius 1 is 1.15 bits per heavy atom. The predicted octanol–water partition coefficient (Wildman–Crippen LogP) is 0.916. The molecule has 0 aliphatic carbocycles. The molecule has 13 heavy (non-hydrogen) atoms. The van der Waals surface area contributed by atoms with Crippen LogP contribution in [0.15, 0.2) is 37.1 Å². The van der Waals surface area contributed by atoms with Gasteiger partial charge in [-0.2, -0.15) is 0 Å². The van der Waals surface area contributed by atoms with Crippen molar-refractivity contribution < 1.29 is 0 Å². The Labute approximate surface area is 76.3 Å². The van der Waals surface area contributed by atoms with Crippen LogP contribution in [0, 0.1) is 0 Å². The van der Waals surface area contributed by atoms with Crippen molar-refractivity contribution in [3.8, 4) is 0 Å². The Morgan fingerprint density at radius 2 is 2.00 bits per heavy atom. The van der Waals surface area contributed by atoms with Gasteiger partial charge in [-0.3, -0.25) is 4.98 Å². The van der Waals surface area contributed by atoms with E-state index in [9.17, 15) is 0 Å². The van der Waals surface area contributed by atoms with Gasteiger partial charge < -0.3 is 4.57 Å². The van der Waals surface area contributed by atoms with Crippen LogP contribution in [0.3, 0.4) is 0 Å². The van der Waals surface area contributed by atoms with E-state index in [0.717, 1.165) is 18.7 Å². The first-order chi connectivity index (χ1) is 6.45.